The second-order valence-electron chi connectivity index (χ2n) is 3.79. The standard InChI is InChI=1S/C12H13F2N3S/c1-3-9-12(18-17-16-9)11(15-2)10-7(13)5-4-6-8(10)14/h4-6,11,15H,3H2,1-2H3. The molecule has 0 bridgehead atoms. The maximum absolute atomic E-state index is 13.8. The highest BCUT2D eigenvalue weighted by Crippen LogP contribution is 2.30. The van der Waals surface area contributed by atoms with E-state index in [1.807, 2.05) is 6.92 Å². The Labute approximate surface area is 108 Å². The van der Waals surface area contributed by atoms with Crippen LogP contribution < -0.4 is 5.32 Å². The predicted octanol–water partition coefficient (Wildman–Crippen LogP) is 2.69. The van der Waals surface area contributed by atoms with Gasteiger partial charge in [-0.25, -0.2) is 8.78 Å². The summed E-state index contributed by atoms with van der Waals surface area (Å²) >= 11 is 1.16. The number of aromatic nitrogens is 2. The van der Waals surface area contributed by atoms with E-state index in [2.05, 4.69) is 14.9 Å². The summed E-state index contributed by atoms with van der Waals surface area (Å²) in [5.74, 6) is -1.13. The van der Waals surface area contributed by atoms with Crippen LogP contribution in [0.2, 0.25) is 0 Å². The van der Waals surface area contributed by atoms with Gasteiger partial charge in [-0.1, -0.05) is 17.5 Å². The summed E-state index contributed by atoms with van der Waals surface area (Å²) in [5, 5.41) is 6.90. The highest BCUT2D eigenvalue weighted by Gasteiger charge is 2.24. The SMILES string of the molecule is CCc1nnsc1C(NC)c1c(F)cccc1F. The molecule has 0 spiro atoms. The average molecular weight is 269 g/mol. The van der Waals surface area contributed by atoms with E-state index in [9.17, 15) is 8.78 Å². The van der Waals surface area contributed by atoms with Gasteiger partial charge in [0.1, 0.15) is 11.6 Å². The Balaban J connectivity index is 2.52. The number of rotatable bonds is 4. The third kappa shape index (κ3) is 2.26. The smallest absolute Gasteiger partial charge is 0.131 e. The molecule has 1 heterocycles. The molecule has 1 unspecified atom stereocenters. The molecule has 0 fully saturated rings. The van der Waals surface area contributed by atoms with E-state index in [0.717, 1.165) is 22.1 Å². The van der Waals surface area contributed by atoms with Crippen LogP contribution in [0.3, 0.4) is 0 Å². The summed E-state index contributed by atoms with van der Waals surface area (Å²) < 4.78 is 31.5. The second-order valence-corrected chi connectivity index (χ2v) is 4.58. The van der Waals surface area contributed by atoms with Crippen molar-refractivity contribution < 1.29 is 8.78 Å². The minimum atomic E-state index is -0.565. The Bertz CT molecular complexity index is 522. The summed E-state index contributed by atoms with van der Waals surface area (Å²) in [6, 6.07) is 3.30. The van der Waals surface area contributed by atoms with Crippen LogP contribution in [-0.2, 0) is 6.42 Å². The van der Waals surface area contributed by atoms with Gasteiger partial charge in [0.2, 0.25) is 0 Å². The summed E-state index contributed by atoms with van der Waals surface area (Å²) in [6.45, 7) is 1.94. The number of nitrogens with zero attached hydrogens (tertiary/aromatic N) is 2. The van der Waals surface area contributed by atoms with Gasteiger partial charge < -0.3 is 5.32 Å². The van der Waals surface area contributed by atoms with Crippen LogP contribution in [0.4, 0.5) is 8.78 Å². The van der Waals surface area contributed by atoms with Crippen LogP contribution in [0.1, 0.15) is 29.1 Å². The molecule has 3 nitrogen and oxygen atoms in total. The largest absolute Gasteiger partial charge is 0.308 e. The van der Waals surface area contributed by atoms with Gasteiger partial charge in [0, 0.05) is 5.56 Å². The average Bonchev–Trinajstić information content (AvgIpc) is 2.82. The molecule has 96 valence electrons. The molecule has 0 aliphatic rings. The Morgan fingerprint density at radius 2 is 2.00 bits per heavy atom. The summed E-state index contributed by atoms with van der Waals surface area (Å²) in [5.41, 5.74) is 0.780. The Hall–Kier alpha value is -1.40. The molecule has 6 heteroatoms. The van der Waals surface area contributed by atoms with Crippen LogP contribution >= 0.6 is 11.5 Å². The van der Waals surface area contributed by atoms with Crippen molar-refractivity contribution >= 4 is 11.5 Å². The fraction of sp³-hybridized carbons (Fsp3) is 0.333. The predicted molar refractivity (Wildman–Crippen MR) is 66.5 cm³/mol. The minimum Gasteiger partial charge on any atom is -0.308 e. The lowest BCUT2D eigenvalue weighted by Gasteiger charge is -2.17. The Morgan fingerprint density at radius 1 is 1.33 bits per heavy atom. The van der Waals surface area contributed by atoms with Gasteiger partial charge in [0.25, 0.3) is 0 Å². The van der Waals surface area contributed by atoms with Gasteiger partial charge in [-0.05, 0) is 37.1 Å². The molecule has 0 saturated heterocycles. The molecule has 2 aromatic rings. The van der Waals surface area contributed by atoms with Crippen molar-refractivity contribution in [1.29, 1.82) is 0 Å². The van der Waals surface area contributed by atoms with E-state index in [-0.39, 0.29) is 5.56 Å². The van der Waals surface area contributed by atoms with Crippen molar-refractivity contribution in [2.45, 2.75) is 19.4 Å². The first-order chi connectivity index (χ1) is 8.69. The molecule has 1 aromatic carbocycles. The van der Waals surface area contributed by atoms with Crippen LogP contribution in [0.25, 0.3) is 0 Å². The Kier molecular flexibility index (Phi) is 3.98. The minimum absolute atomic E-state index is 0.0146. The molecule has 2 rings (SSSR count). The number of hydrogen-bond donors (Lipinski definition) is 1. The molecule has 18 heavy (non-hydrogen) atoms. The van der Waals surface area contributed by atoms with Crippen LogP contribution in [0.5, 0.6) is 0 Å². The van der Waals surface area contributed by atoms with Crippen LogP contribution in [0, 0.1) is 11.6 Å². The van der Waals surface area contributed by atoms with Gasteiger partial charge in [-0.3, -0.25) is 0 Å². The lowest BCUT2D eigenvalue weighted by atomic mass is 10.0. The Morgan fingerprint density at radius 3 is 2.56 bits per heavy atom. The van der Waals surface area contributed by atoms with Gasteiger partial charge in [0.15, 0.2) is 0 Å². The molecule has 1 aromatic heterocycles. The van der Waals surface area contributed by atoms with E-state index in [1.165, 1.54) is 18.2 Å². The lowest BCUT2D eigenvalue weighted by molar-refractivity contribution is 0.523. The molecule has 1 N–H and O–H groups in total. The zero-order valence-electron chi connectivity index (χ0n) is 10.1. The van der Waals surface area contributed by atoms with Gasteiger partial charge in [-0.15, -0.1) is 5.10 Å². The number of halogens is 2. The summed E-state index contributed by atoms with van der Waals surface area (Å²) in [7, 11) is 1.66. The molecule has 0 aliphatic carbocycles. The van der Waals surface area contributed by atoms with Crippen molar-refractivity contribution in [3.05, 3.63) is 46.0 Å². The van der Waals surface area contributed by atoms with Crippen molar-refractivity contribution in [2.75, 3.05) is 7.05 Å². The molecule has 0 amide bonds. The third-order valence-corrected chi connectivity index (χ3v) is 3.59. The monoisotopic (exact) mass is 269 g/mol. The van der Waals surface area contributed by atoms with Crippen molar-refractivity contribution in [3.63, 3.8) is 0 Å². The first kappa shape index (κ1) is 13.0. The van der Waals surface area contributed by atoms with Crippen molar-refractivity contribution in [2.24, 2.45) is 0 Å². The fourth-order valence-corrected chi connectivity index (χ4v) is 2.73. The first-order valence-electron chi connectivity index (χ1n) is 5.61. The number of hydrogen-bond acceptors (Lipinski definition) is 4. The molecule has 0 radical (unpaired) electrons. The topological polar surface area (TPSA) is 37.8 Å². The highest BCUT2D eigenvalue weighted by atomic mass is 32.1. The number of nitrogens with one attached hydrogen (secondary N) is 1. The zero-order valence-corrected chi connectivity index (χ0v) is 10.9. The van der Waals surface area contributed by atoms with Crippen LogP contribution in [-0.4, -0.2) is 16.6 Å². The first-order valence-corrected chi connectivity index (χ1v) is 6.38. The maximum atomic E-state index is 13.8. The van der Waals surface area contributed by atoms with E-state index >= 15 is 0 Å². The normalized spacial score (nSPS) is 12.7. The van der Waals surface area contributed by atoms with Gasteiger partial charge in [0.05, 0.1) is 16.6 Å². The van der Waals surface area contributed by atoms with Gasteiger partial charge >= 0.3 is 0 Å². The quantitative estimate of drug-likeness (QED) is 0.927. The molecule has 0 aliphatic heterocycles. The van der Waals surface area contributed by atoms with E-state index in [1.54, 1.807) is 7.05 Å². The lowest BCUT2D eigenvalue weighted by Crippen LogP contribution is -2.20. The molecular formula is C12H13F2N3S. The molecule has 0 saturated carbocycles. The van der Waals surface area contributed by atoms with E-state index in [0.29, 0.717) is 6.42 Å². The number of aryl methyl sites for hydroxylation is 1. The fourth-order valence-electron chi connectivity index (χ4n) is 1.87. The van der Waals surface area contributed by atoms with E-state index in [4.69, 9.17) is 0 Å². The summed E-state index contributed by atoms with van der Waals surface area (Å²) in [4.78, 5) is 0.754. The highest BCUT2D eigenvalue weighted by molar-refractivity contribution is 7.05. The van der Waals surface area contributed by atoms with Crippen molar-refractivity contribution in [3.8, 4) is 0 Å². The van der Waals surface area contributed by atoms with Crippen molar-refractivity contribution in [1.82, 2.24) is 14.9 Å². The second kappa shape index (κ2) is 5.49. The van der Waals surface area contributed by atoms with Crippen LogP contribution in [0.15, 0.2) is 18.2 Å². The third-order valence-electron chi connectivity index (χ3n) is 2.76. The van der Waals surface area contributed by atoms with E-state index < -0.39 is 17.7 Å². The maximum Gasteiger partial charge on any atom is 0.131 e. The zero-order chi connectivity index (χ0) is 13.1. The molecule has 1 atom stereocenters. The molecular weight excluding hydrogens is 256 g/mol. The summed E-state index contributed by atoms with van der Waals surface area (Å²) in [6.07, 6.45) is 0.681. The van der Waals surface area contributed by atoms with Gasteiger partial charge in [-0.2, -0.15) is 0 Å². The number of benzene rings is 1.